The van der Waals surface area contributed by atoms with Crippen LogP contribution in [-0.4, -0.2) is 29.6 Å². The summed E-state index contributed by atoms with van der Waals surface area (Å²) in [5, 5.41) is 11.1. The largest absolute Gasteiger partial charge is 0.481 e. The van der Waals surface area contributed by atoms with E-state index in [1.54, 1.807) is 0 Å². The van der Waals surface area contributed by atoms with Crippen LogP contribution in [0.4, 0.5) is 0 Å². The van der Waals surface area contributed by atoms with E-state index in [9.17, 15) is 4.79 Å². The van der Waals surface area contributed by atoms with Crippen molar-refractivity contribution >= 4 is 16.7 Å². The Morgan fingerprint density at radius 1 is 1.17 bits per heavy atom. The van der Waals surface area contributed by atoms with E-state index in [-0.39, 0.29) is 6.42 Å². The molecule has 3 nitrogen and oxygen atoms in total. The number of hydrogen-bond acceptors (Lipinski definition) is 2. The third-order valence-electron chi connectivity index (χ3n) is 3.03. The monoisotopic (exact) mass is 243 g/mol. The highest BCUT2D eigenvalue weighted by atomic mass is 16.4. The quantitative estimate of drug-likeness (QED) is 0.877. The molecule has 0 aliphatic heterocycles. The first kappa shape index (κ1) is 12.6. The van der Waals surface area contributed by atoms with Crippen LogP contribution >= 0.6 is 0 Å². The van der Waals surface area contributed by atoms with Crippen LogP contribution in [0.3, 0.4) is 0 Å². The van der Waals surface area contributed by atoms with Crippen molar-refractivity contribution in [3.05, 3.63) is 48.0 Å². The Hall–Kier alpha value is -1.87. The molecule has 2 rings (SSSR count). The van der Waals surface area contributed by atoms with Gasteiger partial charge in [-0.15, -0.1) is 0 Å². The van der Waals surface area contributed by atoms with E-state index < -0.39 is 5.97 Å². The van der Waals surface area contributed by atoms with Gasteiger partial charge in [-0.05, 0) is 23.4 Å². The summed E-state index contributed by atoms with van der Waals surface area (Å²) in [6.07, 6.45) is 0.182. The van der Waals surface area contributed by atoms with E-state index in [0.717, 1.165) is 6.54 Å². The number of rotatable bonds is 5. The number of hydrogen-bond donors (Lipinski definition) is 1. The van der Waals surface area contributed by atoms with Gasteiger partial charge in [-0.2, -0.15) is 0 Å². The summed E-state index contributed by atoms with van der Waals surface area (Å²) >= 11 is 0. The van der Waals surface area contributed by atoms with Gasteiger partial charge in [0.2, 0.25) is 0 Å². The predicted molar refractivity (Wildman–Crippen MR) is 72.5 cm³/mol. The maximum absolute atomic E-state index is 10.5. The number of fused-ring (bicyclic) bond motifs is 1. The van der Waals surface area contributed by atoms with Crippen LogP contribution < -0.4 is 0 Å². The molecule has 0 heterocycles. The van der Waals surface area contributed by atoms with Gasteiger partial charge in [0.25, 0.3) is 0 Å². The summed E-state index contributed by atoms with van der Waals surface area (Å²) in [5.74, 6) is -0.750. The number of nitrogens with zero attached hydrogens (tertiary/aromatic N) is 1. The molecule has 0 aromatic heterocycles. The first-order chi connectivity index (χ1) is 8.66. The number of carbonyl (C=O) groups is 1. The lowest BCUT2D eigenvalue weighted by atomic mass is 10.0. The minimum atomic E-state index is -0.750. The molecule has 0 atom stereocenters. The van der Waals surface area contributed by atoms with Crippen molar-refractivity contribution in [2.24, 2.45) is 0 Å². The molecule has 1 N–H and O–H groups in total. The van der Waals surface area contributed by atoms with E-state index in [1.807, 2.05) is 30.1 Å². The average molecular weight is 243 g/mol. The Morgan fingerprint density at radius 2 is 1.89 bits per heavy atom. The fourth-order valence-corrected chi connectivity index (χ4v) is 2.09. The Morgan fingerprint density at radius 3 is 2.67 bits per heavy atom. The molecule has 0 radical (unpaired) electrons. The van der Waals surface area contributed by atoms with E-state index in [2.05, 4.69) is 24.3 Å². The van der Waals surface area contributed by atoms with Gasteiger partial charge in [-0.1, -0.05) is 42.5 Å². The van der Waals surface area contributed by atoms with Crippen LogP contribution in [0.2, 0.25) is 0 Å². The van der Waals surface area contributed by atoms with E-state index in [0.29, 0.717) is 6.54 Å². The number of aliphatic carboxylic acids is 1. The van der Waals surface area contributed by atoms with E-state index in [1.165, 1.54) is 16.3 Å². The summed E-state index contributed by atoms with van der Waals surface area (Å²) < 4.78 is 0. The lowest BCUT2D eigenvalue weighted by Gasteiger charge is -2.16. The van der Waals surface area contributed by atoms with Gasteiger partial charge in [0, 0.05) is 13.1 Å². The van der Waals surface area contributed by atoms with Gasteiger partial charge < -0.3 is 10.0 Å². The SMILES string of the molecule is CN(CCC(=O)O)Cc1cccc2ccccc12. The molecule has 18 heavy (non-hydrogen) atoms. The Bertz CT molecular complexity index is 546. The second-order valence-corrected chi connectivity index (χ2v) is 4.52. The standard InChI is InChI=1S/C15H17NO2/c1-16(10-9-15(17)18)11-13-7-4-6-12-5-2-3-8-14(12)13/h2-8H,9-11H2,1H3,(H,17,18). The molecule has 2 aromatic carbocycles. The molecule has 3 heteroatoms. The van der Waals surface area contributed by atoms with Gasteiger partial charge >= 0.3 is 5.97 Å². The van der Waals surface area contributed by atoms with Crippen molar-refractivity contribution < 1.29 is 9.90 Å². The number of carboxylic acids is 1. The number of benzene rings is 2. The maximum atomic E-state index is 10.5. The first-order valence-electron chi connectivity index (χ1n) is 6.04. The summed E-state index contributed by atoms with van der Waals surface area (Å²) in [5.41, 5.74) is 1.24. The zero-order chi connectivity index (χ0) is 13.0. The summed E-state index contributed by atoms with van der Waals surface area (Å²) in [4.78, 5) is 12.6. The molecule has 0 saturated carbocycles. The minimum absolute atomic E-state index is 0.182. The predicted octanol–water partition coefficient (Wildman–Crippen LogP) is 2.75. The highest BCUT2D eigenvalue weighted by Crippen LogP contribution is 2.19. The Balaban J connectivity index is 2.14. The van der Waals surface area contributed by atoms with Gasteiger partial charge in [-0.3, -0.25) is 4.79 Å². The van der Waals surface area contributed by atoms with Crippen LogP contribution in [0.25, 0.3) is 10.8 Å². The zero-order valence-corrected chi connectivity index (χ0v) is 10.5. The molecule has 0 amide bonds. The van der Waals surface area contributed by atoms with Gasteiger partial charge in [0.15, 0.2) is 0 Å². The lowest BCUT2D eigenvalue weighted by molar-refractivity contribution is -0.137. The smallest absolute Gasteiger partial charge is 0.304 e. The highest BCUT2D eigenvalue weighted by molar-refractivity contribution is 5.85. The third-order valence-corrected chi connectivity index (χ3v) is 3.03. The van der Waals surface area contributed by atoms with Crippen molar-refractivity contribution in [1.29, 1.82) is 0 Å². The molecule has 2 aromatic rings. The van der Waals surface area contributed by atoms with Gasteiger partial charge in [-0.25, -0.2) is 0 Å². The molecular formula is C15H17NO2. The van der Waals surface area contributed by atoms with Crippen LogP contribution in [-0.2, 0) is 11.3 Å². The van der Waals surface area contributed by atoms with E-state index in [4.69, 9.17) is 5.11 Å². The van der Waals surface area contributed by atoms with Crippen molar-refractivity contribution in [3.8, 4) is 0 Å². The molecule has 0 saturated heterocycles. The van der Waals surface area contributed by atoms with Gasteiger partial charge in [0.1, 0.15) is 0 Å². The summed E-state index contributed by atoms with van der Waals surface area (Å²) in [6.45, 7) is 1.34. The molecular weight excluding hydrogens is 226 g/mol. The second-order valence-electron chi connectivity index (χ2n) is 4.52. The van der Waals surface area contributed by atoms with Crippen LogP contribution in [0, 0.1) is 0 Å². The summed E-state index contributed by atoms with van der Waals surface area (Å²) in [6, 6.07) is 14.5. The molecule has 94 valence electrons. The van der Waals surface area contributed by atoms with Crippen molar-refractivity contribution in [2.75, 3.05) is 13.6 Å². The second kappa shape index (κ2) is 5.65. The Kier molecular flexibility index (Phi) is 3.95. The molecule has 0 unspecified atom stereocenters. The van der Waals surface area contributed by atoms with Crippen molar-refractivity contribution in [3.63, 3.8) is 0 Å². The lowest BCUT2D eigenvalue weighted by Crippen LogP contribution is -2.21. The minimum Gasteiger partial charge on any atom is -0.481 e. The van der Waals surface area contributed by atoms with Crippen LogP contribution in [0.5, 0.6) is 0 Å². The van der Waals surface area contributed by atoms with E-state index >= 15 is 0 Å². The van der Waals surface area contributed by atoms with Crippen LogP contribution in [0.1, 0.15) is 12.0 Å². The normalized spacial score (nSPS) is 11.0. The molecule has 0 bridgehead atoms. The van der Waals surface area contributed by atoms with Crippen LogP contribution in [0.15, 0.2) is 42.5 Å². The zero-order valence-electron chi connectivity index (χ0n) is 10.5. The Labute approximate surface area is 107 Å². The number of carboxylic acid groups (broad SMARTS) is 1. The molecule has 0 fully saturated rings. The van der Waals surface area contributed by atoms with Gasteiger partial charge in [0.05, 0.1) is 6.42 Å². The first-order valence-corrected chi connectivity index (χ1v) is 6.04. The third kappa shape index (κ3) is 3.08. The molecule has 0 spiro atoms. The fourth-order valence-electron chi connectivity index (χ4n) is 2.09. The fraction of sp³-hybridized carbons (Fsp3) is 0.267. The maximum Gasteiger partial charge on any atom is 0.304 e. The van der Waals surface area contributed by atoms with Crippen molar-refractivity contribution in [1.82, 2.24) is 4.90 Å². The molecule has 0 aliphatic carbocycles. The topological polar surface area (TPSA) is 40.5 Å². The molecule has 0 aliphatic rings. The van der Waals surface area contributed by atoms with Crippen molar-refractivity contribution in [2.45, 2.75) is 13.0 Å². The summed E-state index contributed by atoms with van der Waals surface area (Å²) in [7, 11) is 1.95. The highest BCUT2D eigenvalue weighted by Gasteiger charge is 2.06. The average Bonchev–Trinajstić information content (AvgIpc) is 2.37.